The number of benzene rings is 2. The van der Waals surface area contributed by atoms with Crippen molar-refractivity contribution in [1.29, 1.82) is 0 Å². The largest absolute Gasteiger partial charge is 0.358 e. The first-order valence-electron chi connectivity index (χ1n) is 6.47. The molecule has 0 amide bonds. The second-order valence-electron chi connectivity index (χ2n) is 4.81. The van der Waals surface area contributed by atoms with E-state index in [2.05, 4.69) is 21.2 Å². The van der Waals surface area contributed by atoms with Gasteiger partial charge in [-0.2, -0.15) is 0 Å². The van der Waals surface area contributed by atoms with Gasteiger partial charge in [-0.3, -0.25) is 4.79 Å². The van der Waals surface area contributed by atoms with Crippen molar-refractivity contribution in [1.82, 2.24) is 0 Å². The summed E-state index contributed by atoms with van der Waals surface area (Å²) in [5.74, 6) is -0.0451. The van der Waals surface area contributed by atoms with Crippen molar-refractivity contribution < 1.29 is 4.79 Å². The minimum atomic E-state index is -0.0451. The third kappa shape index (κ3) is 4.45. The van der Waals surface area contributed by atoms with Crippen LogP contribution >= 0.6 is 27.5 Å². The Morgan fingerprint density at radius 2 is 1.86 bits per heavy atom. The number of hydrogen-bond donors (Lipinski definition) is 1. The normalized spacial score (nSPS) is 11.3. The summed E-state index contributed by atoms with van der Waals surface area (Å²) in [6.07, 6.45) is 1.57. The maximum Gasteiger partial charge on any atom is 0.187 e. The number of carbonyl (C=O) groups is 1. The standard InChI is InChI=1S/C17H15BrClNO/c1-11-3-8-15(19)16(9-11)20-12(2)10-17(21)13-4-6-14(18)7-5-13/h3-10,20H,1-2H3/b12-10+. The van der Waals surface area contributed by atoms with E-state index in [1.54, 1.807) is 18.2 Å². The summed E-state index contributed by atoms with van der Waals surface area (Å²) >= 11 is 9.48. The van der Waals surface area contributed by atoms with Crippen LogP contribution in [0.5, 0.6) is 0 Å². The summed E-state index contributed by atoms with van der Waals surface area (Å²) in [5, 5.41) is 3.79. The second kappa shape index (κ2) is 6.92. The molecule has 0 aromatic heterocycles. The summed E-state index contributed by atoms with van der Waals surface area (Å²) in [5.41, 5.74) is 3.30. The molecule has 1 N–H and O–H groups in total. The van der Waals surface area contributed by atoms with Crippen molar-refractivity contribution >= 4 is 39.0 Å². The van der Waals surface area contributed by atoms with Gasteiger partial charge >= 0.3 is 0 Å². The van der Waals surface area contributed by atoms with Crippen molar-refractivity contribution in [3.8, 4) is 0 Å². The van der Waals surface area contributed by atoms with Crippen LogP contribution in [0.1, 0.15) is 22.8 Å². The molecule has 4 heteroatoms. The maximum atomic E-state index is 12.1. The predicted molar refractivity (Wildman–Crippen MR) is 92.0 cm³/mol. The fourth-order valence-corrected chi connectivity index (χ4v) is 2.31. The summed E-state index contributed by atoms with van der Waals surface area (Å²) < 4.78 is 0.949. The molecule has 0 aliphatic heterocycles. The van der Waals surface area contributed by atoms with E-state index in [4.69, 9.17) is 11.6 Å². The number of nitrogens with one attached hydrogen (secondary N) is 1. The average Bonchev–Trinajstić information content (AvgIpc) is 2.43. The molecule has 0 radical (unpaired) electrons. The smallest absolute Gasteiger partial charge is 0.187 e. The van der Waals surface area contributed by atoms with Gasteiger partial charge in [-0.15, -0.1) is 0 Å². The van der Waals surface area contributed by atoms with Gasteiger partial charge in [0.2, 0.25) is 0 Å². The van der Waals surface area contributed by atoms with Gasteiger partial charge in [-0.25, -0.2) is 0 Å². The summed E-state index contributed by atoms with van der Waals surface area (Å²) in [6.45, 7) is 3.84. The third-order valence-corrected chi connectivity index (χ3v) is 3.79. The zero-order valence-corrected chi connectivity index (χ0v) is 14.1. The van der Waals surface area contributed by atoms with Gasteiger partial charge < -0.3 is 5.32 Å². The van der Waals surface area contributed by atoms with Crippen LogP contribution < -0.4 is 5.32 Å². The summed E-state index contributed by atoms with van der Waals surface area (Å²) in [4.78, 5) is 12.1. The fourth-order valence-electron chi connectivity index (χ4n) is 1.88. The average molecular weight is 365 g/mol. The lowest BCUT2D eigenvalue weighted by molar-refractivity contribution is 0.104. The SMILES string of the molecule is C/C(=C\C(=O)c1ccc(Br)cc1)Nc1cc(C)ccc1Cl. The van der Waals surface area contributed by atoms with Crippen LogP contribution in [0, 0.1) is 6.92 Å². The quantitative estimate of drug-likeness (QED) is 0.564. The number of allylic oxidation sites excluding steroid dienone is 2. The van der Waals surface area contributed by atoms with Crippen molar-refractivity contribution in [2.75, 3.05) is 5.32 Å². The Hall–Kier alpha value is -1.58. The van der Waals surface area contributed by atoms with E-state index in [1.807, 2.05) is 44.2 Å². The van der Waals surface area contributed by atoms with Gasteiger partial charge in [-0.05, 0) is 55.8 Å². The Labute approximate surface area is 138 Å². The Kier molecular flexibility index (Phi) is 5.21. The third-order valence-electron chi connectivity index (χ3n) is 2.93. The van der Waals surface area contributed by atoms with Gasteiger partial charge in [-0.1, -0.05) is 33.6 Å². The van der Waals surface area contributed by atoms with E-state index in [0.717, 1.165) is 21.4 Å². The van der Waals surface area contributed by atoms with E-state index in [-0.39, 0.29) is 5.78 Å². The number of carbonyl (C=O) groups excluding carboxylic acids is 1. The van der Waals surface area contributed by atoms with E-state index in [1.165, 1.54) is 0 Å². The number of ketones is 1. The van der Waals surface area contributed by atoms with Crippen LogP contribution in [-0.4, -0.2) is 5.78 Å². The lowest BCUT2D eigenvalue weighted by atomic mass is 10.1. The van der Waals surface area contributed by atoms with Gasteiger partial charge in [0.1, 0.15) is 0 Å². The number of aryl methyl sites for hydroxylation is 1. The van der Waals surface area contributed by atoms with Crippen molar-refractivity contribution in [3.05, 3.63) is 74.9 Å². The van der Waals surface area contributed by atoms with Gasteiger partial charge in [0, 0.05) is 21.8 Å². The van der Waals surface area contributed by atoms with Crippen molar-refractivity contribution in [3.63, 3.8) is 0 Å². The van der Waals surface area contributed by atoms with Crippen LogP contribution in [-0.2, 0) is 0 Å². The molecule has 0 spiro atoms. The first kappa shape index (κ1) is 15.8. The Balaban J connectivity index is 2.15. The molecule has 0 aliphatic rings. The highest BCUT2D eigenvalue weighted by Gasteiger charge is 2.05. The zero-order chi connectivity index (χ0) is 15.4. The molecule has 2 nitrogen and oxygen atoms in total. The predicted octanol–water partition coefficient (Wildman–Crippen LogP) is 5.61. The lowest BCUT2D eigenvalue weighted by Crippen LogP contribution is -2.02. The Bertz CT molecular complexity index is 692. The molecule has 2 rings (SSSR count). The van der Waals surface area contributed by atoms with E-state index in [0.29, 0.717) is 10.6 Å². The molecule has 2 aromatic rings. The van der Waals surface area contributed by atoms with Crippen LogP contribution in [0.4, 0.5) is 5.69 Å². The highest BCUT2D eigenvalue weighted by molar-refractivity contribution is 9.10. The van der Waals surface area contributed by atoms with Gasteiger partial charge in [0.15, 0.2) is 5.78 Å². The molecule has 21 heavy (non-hydrogen) atoms. The molecule has 0 unspecified atom stereocenters. The van der Waals surface area contributed by atoms with Gasteiger partial charge in [0.05, 0.1) is 10.7 Å². The van der Waals surface area contributed by atoms with Crippen LogP contribution in [0.15, 0.2) is 58.7 Å². The van der Waals surface area contributed by atoms with E-state index >= 15 is 0 Å². The van der Waals surface area contributed by atoms with Crippen molar-refractivity contribution in [2.24, 2.45) is 0 Å². The molecule has 108 valence electrons. The molecule has 0 atom stereocenters. The van der Waals surface area contributed by atoms with Gasteiger partial charge in [0.25, 0.3) is 0 Å². The summed E-state index contributed by atoms with van der Waals surface area (Å²) in [6, 6.07) is 13.0. The number of rotatable bonds is 4. The topological polar surface area (TPSA) is 29.1 Å². The number of anilines is 1. The van der Waals surface area contributed by atoms with Crippen molar-refractivity contribution in [2.45, 2.75) is 13.8 Å². The molecule has 0 aliphatic carbocycles. The molecule has 0 fully saturated rings. The number of hydrogen-bond acceptors (Lipinski definition) is 2. The maximum absolute atomic E-state index is 12.1. The van der Waals surface area contributed by atoms with Crippen LogP contribution in [0.2, 0.25) is 5.02 Å². The Morgan fingerprint density at radius 3 is 2.52 bits per heavy atom. The molecule has 2 aromatic carbocycles. The molecule has 0 saturated heterocycles. The monoisotopic (exact) mass is 363 g/mol. The van der Waals surface area contributed by atoms with E-state index in [9.17, 15) is 4.79 Å². The highest BCUT2D eigenvalue weighted by Crippen LogP contribution is 2.24. The highest BCUT2D eigenvalue weighted by atomic mass is 79.9. The fraction of sp³-hybridized carbons (Fsp3) is 0.118. The minimum absolute atomic E-state index is 0.0451. The second-order valence-corrected chi connectivity index (χ2v) is 6.13. The zero-order valence-electron chi connectivity index (χ0n) is 11.8. The molecule has 0 bridgehead atoms. The minimum Gasteiger partial charge on any atom is -0.358 e. The van der Waals surface area contributed by atoms with E-state index < -0.39 is 0 Å². The molecule has 0 saturated carbocycles. The number of halogens is 2. The first-order valence-corrected chi connectivity index (χ1v) is 7.64. The Morgan fingerprint density at radius 1 is 1.19 bits per heavy atom. The molecular weight excluding hydrogens is 350 g/mol. The molecular formula is C17H15BrClNO. The van der Waals surface area contributed by atoms with Crippen LogP contribution in [0.25, 0.3) is 0 Å². The lowest BCUT2D eigenvalue weighted by Gasteiger charge is -2.09. The molecule has 0 heterocycles. The van der Waals surface area contributed by atoms with Crippen LogP contribution in [0.3, 0.4) is 0 Å². The summed E-state index contributed by atoms with van der Waals surface area (Å²) in [7, 11) is 0. The first-order chi connectivity index (χ1) is 9.95.